The first-order valence-corrected chi connectivity index (χ1v) is 7.75. The maximum atomic E-state index is 4.60. The monoisotopic (exact) mass is 258 g/mol. The summed E-state index contributed by atoms with van der Waals surface area (Å²) in [5.41, 5.74) is 1.17. The lowest BCUT2D eigenvalue weighted by Crippen LogP contribution is -2.31. The van der Waals surface area contributed by atoms with Gasteiger partial charge in [0.05, 0.1) is 10.7 Å². The quantitative estimate of drug-likeness (QED) is 0.845. The predicted octanol–water partition coefficient (Wildman–Crippen LogP) is 3.50. The Hall–Kier alpha value is -0.0600. The van der Waals surface area contributed by atoms with Gasteiger partial charge in [0.25, 0.3) is 0 Å². The molecular weight excluding hydrogens is 236 g/mol. The van der Waals surface area contributed by atoms with Crippen molar-refractivity contribution >= 4 is 23.1 Å². The molecule has 0 bridgehead atoms. The second-order valence-electron chi connectivity index (χ2n) is 4.90. The van der Waals surface area contributed by atoms with Crippen LogP contribution in [0.3, 0.4) is 0 Å². The van der Waals surface area contributed by atoms with Crippen molar-refractivity contribution in [3.63, 3.8) is 0 Å². The summed E-state index contributed by atoms with van der Waals surface area (Å²) < 4.78 is 0.302. The van der Waals surface area contributed by atoms with E-state index in [1.165, 1.54) is 10.7 Å². The van der Waals surface area contributed by atoms with Gasteiger partial charge >= 0.3 is 0 Å². The van der Waals surface area contributed by atoms with Gasteiger partial charge in [-0.3, -0.25) is 0 Å². The summed E-state index contributed by atoms with van der Waals surface area (Å²) in [6, 6.07) is 0. The summed E-state index contributed by atoms with van der Waals surface area (Å²) in [7, 11) is 0. The van der Waals surface area contributed by atoms with E-state index < -0.39 is 0 Å². The number of aromatic nitrogens is 1. The van der Waals surface area contributed by atoms with Crippen molar-refractivity contribution in [3.8, 4) is 0 Å². The van der Waals surface area contributed by atoms with E-state index >= 15 is 0 Å². The molecule has 0 aliphatic carbocycles. The Kier molecular flexibility index (Phi) is 5.28. The maximum absolute atomic E-state index is 4.60. The number of rotatable bonds is 6. The van der Waals surface area contributed by atoms with Crippen molar-refractivity contribution in [2.45, 2.75) is 44.9 Å². The van der Waals surface area contributed by atoms with E-state index in [1.807, 2.05) is 11.8 Å². The van der Waals surface area contributed by atoms with Crippen molar-refractivity contribution in [1.82, 2.24) is 10.3 Å². The molecule has 0 radical (unpaired) electrons. The molecule has 1 aromatic heterocycles. The molecule has 0 spiro atoms. The van der Waals surface area contributed by atoms with E-state index in [4.69, 9.17) is 0 Å². The molecule has 92 valence electrons. The third kappa shape index (κ3) is 4.44. The minimum atomic E-state index is 0.302. The third-order valence-corrected chi connectivity index (χ3v) is 4.92. The standard InChI is InChI=1S/C12H22N2S2/c1-9(2)11-14-10(7-16-11)6-13-8-12(3,4)15-5/h7,9,13H,6,8H2,1-5H3. The number of nitrogens with one attached hydrogen (secondary N) is 1. The summed E-state index contributed by atoms with van der Waals surface area (Å²) >= 11 is 3.66. The van der Waals surface area contributed by atoms with Gasteiger partial charge in [0.2, 0.25) is 0 Å². The average Bonchev–Trinajstić information content (AvgIpc) is 2.66. The molecule has 4 heteroatoms. The Morgan fingerprint density at radius 3 is 2.69 bits per heavy atom. The topological polar surface area (TPSA) is 24.9 Å². The van der Waals surface area contributed by atoms with Gasteiger partial charge in [-0.1, -0.05) is 13.8 Å². The summed E-state index contributed by atoms with van der Waals surface area (Å²) in [4.78, 5) is 4.60. The van der Waals surface area contributed by atoms with Crippen LogP contribution >= 0.6 is 23.1 Å². The Balaban J connectivity index is 2.37. The van der Waals surface area contributed by atoms with Crippen molar-refractivity contribution in [3.05, 3.63) is 16.1 Å². The molecule has 1 aromatic rings. The lowest BCUT2D eigenvalue weighted by atomic mass is 10.2. The average molecular weight is 258 g/mol. The van der Waals surface area contributed by atoms with E-state index in [0.29, 0.717) is 10.7 Å². The Morgan fingerprint density at radius 1 is 1.50 bits per heavy atom. The van der Waals surface area contributed by atoms with E-state index in [0.717, 1.165) is 13.1 Å². The molecule has 16 heavy (non-hydrogen) atoms. The molecule has 0 amide bonds. The Bertz CT molecular complexity index is 319. The number of thiazole rings is 1. The molecular formula is C12H22N2S2. The fourth-order valence-electron chi connectivity index (χ4n) is 1.23. The Labute approximate surface area is 107 Å². The van der Waals surface area contributed by atoms with Gasteiger partial charge in [0.15, 0.2) is 0 Å². The van der Waals surface area contributed by atoms with Crippen LogP contribution < -0.4 is 5.32 Å². The van der Waals surface area contributed by atoms with Gasteiger partial charge in [-0.15, -0.1) is 11.3 Å². The summed E-state index contributed by atoms with van der Waals surface area (Å²) in [5, 5.41) is 6.87. The third-order valence-electron chi connectivity index (χ3n) is 2.47. The first kappa shape index (κ1) is 14.0. The van der Waals surface area contributed by atoms with Gasteiger partial charge in [-0.05, 0) is 20.1 Å². The molecule has 0 unspecified atom stereocenters. The molecule has 0 atom stereocenters. The molecule has 0 saturated carbocycles. The molecule has 0 fully saturated rings. The summed E-state index contributed by atoms with van der Waals surface area (Å²) in [6.45, 7) is 10.8. The van der Waals surface area contributed by atoms with Crippen molar-refractivity contribution in [2.75, 3.05) is 12.8 Å². The smallest absolute Gasteiger partial charge is 0.0954 e. The summed E-state index contributed by atoms with van der Waals surface area (Å²) in [6.07, 6.45) is 2.15. The lowest BCUT2D eigenvalue weighted by molar-refractivity contribution is 0.585. The molecule has 1 N–H and O–H groups in total. The molecule has 1 rings (SSSR count). The minimum Gasteiger partial charge on any atom is -0.310 e. The number of thioether (sulfide) groups is 1. The van der Waals surface area contributed by atoms with Crippen LogP contribution in [-0.2, 0) is 6.54 Å². The zero-order chi connectivity index (χ0) is 12.2. The number of hydrogen-bond donors (Lipinski definition) is 1. The van der Waals surface area contributed by atoms with Crippen LogP contribution in [0, 0.1) is 0 Å². The van der Waals surface area contributed by atoms with E-state index in [2.05, 4.69) is 49.6 Å². The number of nitrogens with zero attached hydrogens (tertiary/aromatic N) is 1. The molecule has 2 nitrogen and oxygen atoms in total. The SMILES string of the molecule is CSC(C)(C)CNCc1csc(C(C)C)n1. The highest BCUT2D eigenvalue weighted by Gasteiger charge is 2.15. The fraction of sp³-hybridized carbons (Fsp3) is 0.750. The maximum Gasteiger partial charge on any atom is 0.0954 e. The van der Waals surface area contributed by atoms with E-state index in [1.54, 1.807) is 11.3 Å². The first-order valence-electron chi connectivity index (χ1n) is 5.65. The zero-order valence-electron chi connectivity index (χ0n) is 10.8. The highest BCUT2D eigenvalue weighted by atomic mass is 32.2. The summed E-state index contributed by atoms with van der Waals surface area (Å²) in [5.74, 6) is 0.543. The second-order valence-corrected chi connectivity index (χ2v) is 7.30. The fourth-order valence-corrected chi connectivity index (χ4v) is 2.31. The van der Waals surface area contributed by atoms with Crippen molar-refractivity contribution in [1.29, 1.82) is 0 Å². The van der Waals surface area contributed by atoms with Crippen LogP contribution in [0.1, 0.15) is 44.3 Å². The Morgan fingerprint density at radius 2 is 2.19 bits per heavy atom. The molecule has 0 aliphatic heterocycles. The highest BCUT2D eigenvalue weighted by Crippen LogP contribution is 2.21. The van der Waals surface area contributed by atoms with Crippen molar-refractivity contribution < 1.29 is 0 Å². The normalized spacial score (nSPS) is 12.4. The molecule has 0 saturated heterocycles. The van der Waals surface area contributed by atoms with Crippen LogP contribution in [0.4, 0.5) is 0 Å². The highest BCUT2D eigenvalue weighted by molar-refractivity contribution is 7.99. The van der Waals surface area contributed by atoms with Gasteiger partial charge in [0, 0.05) is 29.1 Å². The minimum absolute atomic E-state index is 0.302. The van der Waals surface area contributed by atoms with Gasteiger partial charge < -0.3 is 5.32 Å². The van der Waals surface area contributed by atoms with Crippen LogP contribution in [0.15, 0.2) is 5.38 Å². The van der Waals surface area contributed by atoms with Crippen LogP contribution in [0.5, 0.6) is 0 Å². The zero-order valence-corrected chi connectivity index (χ0v) is 12.5. The molecule has 0 aliphatic rings. The predicted molar refractivity (Wildman–Crippen MR) is 75.5 cm³/mol. The van der Waals surface area contributed by atoms with Crippen molar-refractivity contribution in [2.24, 2.45) is 0 Å². The first-order chi connectivity index (χ1) is 7.44. The van der Waals surface area contributed by atoms with Gasteiger partial charge in [-0.2, -0.15) is 11.8 Å². The van der Waals surface area contributed by atoms with Crippen LogP contribution in [-0.4, -0.2) is 22.5 Å². The second kappa shape index (κ2) is 6.03. The largest absolute Gasteiger partial charge is 0.310 e. The van der Waals surface area contributed by atoms with E-state index in [-0.39, 0.29) is 0 Å². The van der Waals surface area contributed by atoms with Gasteiger partial charge in [0.1, 0.15) is 0 Å². The van der Waals surface area contributed by atoms with E-state index in [9.17, 15) is 0 Å². The van der Waals surface area contributed by atoms with Crippen LogP contribution in [0.2, 0.25) is 0 Å². The lowest BCUT2D eigenvalue weighted by Gasteiger charge is -2.21. The molecule has 1 heterocycles. The molecule has 0 aromatic carbocycles. The number of hydrogen-bond acceptors (Lipinski definition) is 4. The van der Waals surface area contributed by atoms with Crippen LogP contribution in [0.25, 0.3) is 0 Å². The van der Waals surface area contributed by atoms with Gasteiger partial charge in [-0.25, -0.2) is 4.98 Å².